The van der Waals surface area contributed by atoms with E-state index in [1.165, 1.54) is 0 Å². The molecule has 1 aliphatic carbocycles. The molecule has 1 fully saturated rings. The summed E-state index contributed by atoms with van der Waals surface area (Å²) in [5.74, 6) is 0. The Morgan fingerprint density at radius 2 is 1.67 bits per heavy atom. The van der Waals surface area contributed by atoms with Gasteiger partial charge in [-0.25, -0.2) is 4.79 Å². The molecule has 2 amide bonds. The van der Waals surface area contributed by atoms with Crippen molar-refractivity contribution in [3.63, 3.8) is 0 Å². The minimum Gasteiger partial charge on any atom is -0.335 e. The fraction of sp³-hybridized carbons (Fsp3) is 0.500. The molecule has 18 heavy (non-hydrogen) atoms. The van der Waals surface area contributed by atoms with E-state index in [0.717, 1.165) is 31.4 Å². The van der Waals surface area contributed by atoms with Crippen LogP contribution in [0.3, 0.4) is 0 Å². The van der Waals surface area contributed by atoms with Gasteiger partial charge in [0, 0.05) is 17.8 Å². The Morgan fingerprint density at radius 1 is 1.06 bits per heavy atom. The Kier molecular flexibility index (Phi) is 4.59. The van der Waals surface area contributed by atoms with Gasteiger partial charge in [-0.2, -0.15) is 0 Å². The number of hydrogen-bond acceptors (Lipinski definition) is 2. The summed E-state index contributed by atoms with van der Waals surface area (Å²) in [6, 6.07) is 10.3. The lowest BCUT2D eigenvalue weighted by Crippen LogP contribution is -2.43. The molecule has 4 heteroatoms. The number of anilines is 1. The first-order valence-corrected chi connectivity index (χ1v) is 6.58. The van der Waals surface area contributed by atoms with Crippen LogP contribution >= 0.6 is 0 Å². The molecule has 1 saturated carbocycles. The van der Waals surface area contributed by atoms with Crippen molar-refractivity contribution in [1.82, 2.24) is 10.6 Å². The van der Waals surface area contributed by atoms with E-state index in [4.69, 9.17) is 0 Å². The molecule has 0 atom stereocenters. The summed E-state index contributed by atoms with van der Waals surface area (Å²) in [5, 5.41) is 9.17. The van der Waals surface area contributed by atoms with Crippen LogP contribution in [0.4, 0.5) is 10.5 Å². The number of urea groups is 1. The molecule has 0 spiro atoms. The van der Waals surface area contributed by atoms with Crippen LogP contribution in [0.25, 0.3) is 0 Å². The molecule has 1 aromatic carbocycles. The fourth-order valence-corrected chi connectivity index (χ4v) is 2.40. The molecule has 1 aromatic rings. The zero-order valence-corrected chi connectivity index (χ0v) is 10.8. The number of rotatable bonds is 3. The topological polar surface area (TPSA) is 53.2 Å². The molecule has 0 unspecified atom stereocenters. The van der Waals surface area contributed by atoms with Crippen LogP contribution in [-0.2, 0) is 0 Å². The molecule has 98 valence electrons. The Bertz CT molecular complexity index is 372. The molecule has 1 aliphatic rings. The van der Waals surface area contributed by atoms with Crippen LogP contribution in [0.1, 0.15) is 25.7 Å². The molecule has 0 saturated heterocycles. The van der Waals surface area contributed by atoms with E-state index in [-0.39, 0.29) is 6.03 Å². The second-order valence-electron chi connectivity index (χ2n) is 4.80. The van der Waals surface area contributed by atoms with Crippen LogP contribution in [0.5, 0.6) is 0 Å². The van der Waals surface area contributed by atoms with Gasteiger partial charge in [-0.15, -0.1) is 0 Å². The molecule has 0 aromatic heterocycles. The fourth-order valence-electron chi connectivity index (χ4n) is 2.40. The van der Waals surface area contributed by atoms with Gasteiger partial charge in [-0.1, -0.05) is 18.2 Å². The Morgan fingerprint density at radius 3 is 2.28 bits per heavy atom. The van der Waals surface area contributed by atoms with E-state index >= 15 is 0 Å². The van der Waals surface area contributed by atoms with Crippen molar-refractivity contribution in [1.29, 1.82) is 0 Å². The van der Waals surface area contributed by atoms with Crippen LogP contribution < -0.4 is 16.0 Å². The predicted molar refractivity (Wildman–Crippen MR) is 73.7 cm³/mol. The van der Waals surface area contributed by atoms with Crippen molar-refractivity contribution < 1.29 is 4.79 Å². The van der Waals surface area contributed by atoms with Crippen LogP contribution in [0.15, 0.2) is 30.3 Å². The maximum atomic E-state index is 11.8. The Balaban J connectivity index is 1.75. The maximum absolute atomic E-state index is 11.8. The second kappa shape index (κ2) is 6.40. The Hall–Kier alpha value is -1.55. The zero-order valence-electron chi connectivity index (χ0n) is 10.8. The van der Waals surface area contributed by atoms with Gasteiger partial charge in [-0.3, -0.25) is 0 Å². The van der Waals surface area contributed by atoms with E-state index in [2.05, 4.69) is 16.0 Å². The summed E-state index contributed by atoms with van der Waals surface area (Å²) in [5.41, 5.74) is 0.832. The van der Waals surface area contributed by atoms with Crippen molar-refractivity contribution in [3.8, 4) is 0 Å². The number of hydrogen-bond donors (Lipinski definition) is 3. The molecule has 4 nitrogen and oxygen atoms in total. The quantitative estimate of drug-likeness (QED) is 0.768. The van der Waals surface area contributed by atoms with Crippen molar-refractivity contribution in [2.45, 2.75) is 37.8 Å². The number of benzene rings is 1. The average Bonchev–Trinajstić information content (AvgIpc) is 2.40. The predicted octanol–water partition coefficient (Wildman–Crippen LogP) is 2.34. The molecule has 0 heterocycles. The minimum absolute atomic E-state index is 0.103. The minimum atomic E-state index is -0.103. The average molecular weight is 247 g/mol. The Labute approximate surface area is 108 Å². The number of para-hydroxylation sites is 1. The second-order valence-corrected chi connectivity index (χ2v) is 4.80. The van der Waals surface area contributed by atoms with Gasteiger partial charge in [0.05, 0.1) is 0 Å². The molecule has 0 bridgehead atoms. The van der Waals surface area contributed by atoms with E-state index in [1.807, 2.05) is 37.4 Å². The highest BCUT2D eigenvalue weighted by Crippen LogP contribution is 2.18. The smallest absolute Gasteiger partial charge is 0.319 e. The molecule has 2 rings (SSSR count). The molecule has 0 aliphatic heterocycles. The third kappa shape index (κ3) is 3.74. The largest absolute Gasteiger partial charge is 0.335 e. The lowest BCUT2D eigenvalue weighted by molar-refractivity contribution is 0.241. The van der Waals surface area contributed by atoms with Crippen LogP contribution in [0.2, 0.25) is 0 Å². The summed E-state index contributed by atoms with van der Waals surface area (Å²) in [6.07, 6.45) is 4.36. The summed E-state index contributed by atoms with van der Waals surface area (Å²) in [6.45, 7) is 0. The zero-order chi connectivity index (χ0) is 12.8. The monoisotopic (exact) mass is 247 g/mol. The van der Waals surface area contributed by atoms with Gasteiger partial charge in [0.25, 0.3) is 0 Å². The maximum Gasteiger partial charge on any atom is 0.319 e. The normalized spacial score (nSPS) is 23.4. The van der Waals surface area contributed by atoms with Gasteiger partial charge >= 0.3 is 6.03 Å². The molecule has 0 radical (unpaired) electrons. The van der Waals surface area contributed by atoms with Gasteiger partial charge in [0.2, 0.25) is 0 Å². The van der Waals surface area contributed by atoms with Crippen LogP contribution in [-0.4, -0.2) is 25.2 Å². The first-order chi connectivity index (χ1) is 8.78. The standard InChI is InChI=1S/C14H21N3O/c1-15-11-7-9-13(10-8-11)17-14(18)16-12-5-3-2-4-6-12/h2-6,11,13,15H,7-10H2,1H3,(H2,16,17,18). The third-order valence-electron chi connectivity index (χ3n) is 3.50. The van der Waals surface area contributed by atoms with Gasteiger partial charge < -0.3 is 16.0 Å². The highest BCUT2D eigenvalue weighted by molar-refractivity contribution is 5.89. The van der Waals surface area contributed by atoms with Gasteiger partial charge in [0.15, 0.2) is 0 Å². The van der Waals surface area contributed by atoms with Gasteiger partial charge in [0.1, 0.15) is 0 Å². The van der Waals surface area contributed by atoms with E-state index < -0.39 is 0 Å². The van der Waals surface area contributed by atoms with Crippen molar-refractivity contribution in [2.75, 3.05) is 12.4 Å². The van der Waals surface area contributed by atoms with Crippen LogP contribution in [0, 0.1) is 0 Å². The van der Waals surface area contributed by atoms with E-state index in [9.17, 15) is 4.79 Å². The molecule has 3 N–H and O–H groups in total. The van der Waals surface area contributed by atoms with Gasteiger partial charge in [-0.05, 0) is 44.9 Å². The van der Waals surface area contributed by atoms with Crippen molar-refractivity contribution >= 4 is 11.7 Å². The number of carbonyl (C=O) groups is 1. The lowest BCUT2D eigenvalue weighted by atomic mass is 9.91. The summed E-state index contributed by atoms with van der Waals surface area (Å²) >= 11 is 0. The number of nitrogens with one attached hydrogen (secondary N) is 3. The van der Waals surface area contributed by atoms with Crippen molar-refractivity contribution in [2.24, 2.45) is 0 Å². The summed E-state index contributed by atoms with van der Waals surface area (Å²) in [4.78, 5) is 11.8. The van der Waals surface area contributed by atoms with E-state index in [0.29, 0.717) is 12.1 Å². The molecular formula is C14H21N3O. The lowest BCUT2D eigenvalue weighted by Gasteiger charge is -2.28. The summed E-state index contributed by atoms with van der Waals surface area (Å²) < 4.78 is 0. The third-order valence-corrected chi connectivity index (χ3v) is 3.50. The first kappa shape index (κ1) is 12.9. The van der Waals surface area contributed by atoms with E-state index in [1.54, 1.807) is 0 Å². The number of amides is 2. The summed E-state index contributed by atoms with van der Waals surface area (Å²) in [7, 11) is 2.00. The first-order valence-electron chi connectivity index (χ1n) is 6.58. The number of carbonyl (C=O) groups excluding carboxylic acids is 1. The van der Waals surface area contributed by atoms with Crippen molar-refractivity contribution in [3.05, 3.63) is 30.3 Å². The highest BCUT2D eigenvalue weighted by atomic mass is 16.2. The SMILES string of the molecule is CNC1CCC(NC(=O)Nc2ccccc2)CC1. The molecular weight excluding hydrogens is 226 g/mol. The highest BCUT2D eigenvalue weighted by Gasteiger charge is 2.21.